The first-order valence-electron chi connectivity index (χ1n) is 3.72. The fraction of sp³-hybridized carbons (Fsp3) is 0.250. The molecule has 0 bridgehead atoms. The van der Waals surface area contributed by atoms with Crippen LogP contribution in [0.4, 0.5) is 5.69 Å². The maximum Gasteiger partial charge on any atom is 0.429 e. The second-order valence-corrected chi connectivity index (χ2v) is 2.79. The summed E-state index contributed by atoms with van der Waals surface area (Å²) in [6, 6.07) is 7.15. The first-order chi connectivity index (χ1) is 5.77. The average molecular weight is 201 g/mol. The zero-order valence-corrected chi connectivity index (χ0v) is 7.66. The van der Waals surface area contributed by atoms with Crippen molar-refractivity contribution in [1.29, 1.82) is 0 Å². The number of para-hydroxylation sites is 1. The molecule has 0 amide bonds. The Hall–Kier alpha value is -1.29. The third kappa shape index (κ3) is 1.72. The lowest BCUT2D eigenvalue weighted by atomic mass is 10.1. The minimum atomic E-state index is -0.0863. The molecule has 4 nitrogen and oxygen atoms in total. The number of nitroso groups, excluding NO2 is 2. The minimum absolute atomic E-state index is 0. The first kappa shape index (κ1) is 9.80. The van der Waals surface area contributed by atoms with Gasteiger partial charge in [-0.1, -0.05) is 12.1 Å². The van der Waals surface area contributed by atoms with Crippen molar-refractivity contribution in [2.45, 2.75) is 6.54 Å². The van der Waals surface area contributed by atoms with Gasteiger partial charge in [0.15, 0.2) is 0 Å². The summed E-state index contributed by atoms with van der Waals surface area (Å²) < 4.78 is 1.46. The second-order valence-electron chi connectivity index (χ2n) is 2.79. The van der Waals surface area contributed by atoms with Crippen molar-refractivity contribution >= 4 is 18.1 Å². The largest absolute Gasteiger partial charge is 0.429 e. The Labute approximate surface area is 81.1 Å². The molecule has 0 aromatic heterocycles. The number of benzene rings is 1. The highest BCUT2D eigenvalue weighted by molar-refractivity contribution is 5.85. The van der Waals surface area contributed by atoms with Crippen molar-refractivity contribution in [2.75, 3.05) is 6.67 Å². The van der Waals surface area contributed by atoms with E-state index in [0.717, 1.165) is 10.3 Å². The third-order valence-electron chi connectivity index (χ3n) is 1.89. The zero-order valence-electron chi connectivity index (χ0n) is 6.84. The minimum Gasteiger partial charge on any atom is -0.147 e. The van der Waals surface area contributed by atoms with Gasteiger partial charge in [-0.15, -0.1) is 12.4 Å². The van der Waals surface area contributed by atoms with E-state index >= 15 is 0 Å². The van der Waals surface area contributed by atoms with E-state index in [1.807, 2.05) is 6.07 Å². The first-order valence-corrected chi connectivity index (χ1v) is 3.72. The van der Waals surface area contributed by atoms with E-state index in [-0.39, 0.29) is 19.1 Å². The molecule has 0 atom stereocenters. The Morgan fingerprint density at radius 1 is 1.15 bits per heavy atom. The normalized spacial score (nSPS) is 14.8. The lowest BCUT2D eigenvalue weighted by Gasteiger charge is -2.00. The molecular formula is C8H9ClN2O2+2. The van der Waals surface area contributed by atoms with Crippen LogP contribution in [0.15, 0.2) is 24.3 Å². The molecule has 1 aromatic rings. The van der Waals surface area contributed by atoms with Crippen molar-refractivity contribution in [3.05, 3.63) is 39.6 Å². The Kier molecular flexibility index (Phi) is 2.72. The van der Waals surface area contributed by atoms with E-state index in [2.05, 4.69) is 0 Å². The SMILES string of the molecule is Cl.O=[N+]1Cc2ccccc2[N+](=O)C1. The van der Waals surface area contributed by atoms with Crippen LogP contribution in [0, 0.1) is 9.81 Å². The molecule has 1 heterocycles. The molecule has 2 rings (SSSR count). The van der Waals surface area contributed by atoms with Gasteiger partial charge >= 0.3 is 6.67 Å². The molecule has 0 N–H and O–H groups in total. The zero-order chi connectivity index (χ0) is 8.55. The highest BCUT2D eigenvalue weighted by Crippen LogP contribution is 2.22. The molecule has 5 heteroatoms. The molecule has 0 radical (unpaired) electrons. The smallest absolute Gasteiger partial charge is 0.147 e. The molecule has 1 aromatic carbocycles. The van der Waals surface area contributed by atoms with Gasteiger partial charge in [-0.3, -0.25) is 0 Å². The van der Waals surface area contributed by atoms with Gasteiger partial charge in [0.25, 0.3) is 5.69 Å². The fourth-order valence-corrected chi connectivity index (χ4v) is 1.35. The van der Waals surface area contributed by atoms with Crippen LogP contribution in [0.5, 0.6) is 0 Å². The number of hydrogen-bond donors (Lipinski definition) is 0. The molecule has 0 aliphatic carbocycles. The number of rotatable bonds is 0. The van der Waals surface area contributed by atoms with Gasteiger partial charge in [0.2, 0.25) is 6.54 Å². The van der Waals surface area contributed by atoms with E-state index < -0.39 is 0 Å². The van der Waals surface area contributed by atoms with Crippen molar-refractivity contribution < 1.29 is 9.52 Å². The van der Waals surface area contributed by atoms with Gasteiger partial charge < -0.3 is 0 Å². The van der Waals surface area contributed by atoms with Crippen LogP contribution >= 0.6 is 12.4 Å². The van der Waals surface area contributed by atoms with Crippen molar-refractivity contribution in [2.24, 2.45) is 0 Å². The summed E-state index contributed by atoms with van der Waals surface area (Å²) in [6.45, 7) is 0.228. The lowest BCUT2D eigenvalue weighted by molar-refractivity contribution is -0.735. The summed E-state index contributed by atoms with van der Waals surface area (Å²) in [5, 5.41) is 0. The average Bonchev–Trinajstić information content (AvgIpc) is 2.04. The Morgan fingerprint density at radius 3 is 2.62 bits per heavy atom. The molecule has 1 aliphatic heterocycles. The summed E-state index contributed by atoms with van der Waals surface area (Å²) in [5.74, 6) is 0. The van der Waals surface area contributed by atoms with Crippen LogP contribution in [-0.2, 0) is 6.54 Å². The predicted molar refractivity (Wildman–Crippen MR) is 49.2 cm³/mol. The molecular weight excluding hydrogens is 192 g/mol. The van der Waals surface area contributed by atoms with Crippen LogP contribution in [-0.4, -0.2) is 16.2 Å². The molecule has 0 unspecified atom stereocenters. The van der Waals surface area contributed by atoms with Crippen LogP contribution < -0.4 is 0 Å². The topological polar surface area (TPSA) is 40.2 Å². The maximum absolute atomic E-state index is 11.2. The maximum atomic E-state index is 11.2. The van der Waals surface area contributed by atoms with E-state index in [1.165, 1.54) is 0 Å². The monoisotopic (exact) mass is 200 g/mol. The van der Waals surface area contributed by atoms with Crippen LogP contribution in [0.3, 0.4) is 0 Å². The lowest BCUT2D eigenvalue weighted by Crippen LogP contribution is -2.23. The molecule has 1 aliphatic rings. The Morgan fingerprint density at radius 2 is 1.85 bits per heavy atom. The van der Waals surface area contributed by atoms with Gasteiger partial charge in [-0.25, -0.2) is 0 Å². The van der Waals surface area contributed by atoms with Gasteiger partial charge in [0, 0.05) is 15.9 Å². The summed E-state index contributed by atoms with van der Waals surface area (Å²) in [4.78, 5) is 22.1. The van der Waals surface area contributed by atoms with Gasteiger partial charge in [0.05, 0.1) is 10.3 Å². The molecule has 0 fully saturated rings. The number of halogens is 1. The van der Waals surface area contributed by atoms with Gasteiger partial charge in [0.1, 0.15) is 4.76 Å². The Balaban J connectivity index is 0.000000845. The highest BCUT2D eigenvalue weighted by atomic mass is 35.5. The van der Waals surface area contributed by atoms with Gasteiger partial charge in [-0.05, 0) is 6.07 Å². The Bertz CT molecular complexity index is 365. The molecule has 13 heavy (non-hydrogen) atoms. The van der Waals surface area contributed by atoms with Crippen molar-refractivity contribution in [1.82, 2.24) is 0 Å². The predicted octanol–water partition coefficient (Wildman–Crippen LogP) is 1.77. The molecule has 68 valence electrons. The molecule has 0 saturated heterocycles. The summed E-state index contributed by atoms with van der Waals surface area (Å²) in [7, 11) is 0. The summed E-state index contributed by atoms with van der Waals surface area (Å²) in [5.41, 5.74) is 1.42. The van der Waals surface area contributed by atoms with E-state index in [1.54, 1.807) is 18.2 Å². The van der Waals surface area contributed by atoms with Crippen molar-refractivity contribution in [3.8, 4) is 0 Å². The van der Waals surface area contributed by atoms with E-state index in [0.29, 0.717) is 17.0 Å². The molecule has 0 spiro atoms. The van der Waals surface area contributed by atoms with Crippen LogP contribution in [0.2, 0.25) is 0 Å². The number of hydrogen-bond acceptors (Lipinski definition) is 2. The van der Waals surface area contributed by atoms with Gasteiger partial charge in [-0.2, -0.15) is 0 Å². The second kappa shape index (κ2) is 3.62. The molecule has 0 saturated carbocycles. The number of nitrogens with zero attached hydrogens (tertiary/aromatic N) is 2. The standard InChI is InChI=1S/C8H8N2O2.ClH/c11-9-5-7-3-1-2-4-8(7)10(12)6-9;/h1-4H,5-6H2;1H/q+2;. The van der Waals surface area contributed by atoms with E-state index in [9.17, 15) is 9.81 Å². The number of fused-ring (bicyclic) bond motifs is 1. The quantitative estimate of drug-likeness (QED) is 0.599. The highest BCUT2D eigenvalue weighted by Gasteiger charge is 2.34. The van der Waals surface area contributed by atoms with Crippen molar-refractivity contribution in [3.63, 3.8) is 0 Å². The van der Waals surface area contributed by atoms with Crippen LogP contribution in [0.25, 0.3) is 0 Å². The summed E-state index contributed by atoms with van der Waals surface area (Å²) >= 11 is 0. The summed E-state index contributed by atoms with van der Waals surface area (Å²) in [6.07, 6.45) is 0. The third-order valence-corrected chi connectivity index (χ3v) is 1.89. The van der Waals surface area contributed by atoms with Crippen LogP contribution in [0.1, 0.15) is 5.56 Å². The van der Waals surface area contributed by atoms with E-state index in [4.69, 9.17) is 0 Å². The fourth-order valence-electron chi connectivity index (χ4n) is 1.35.